The second-order valence-electron chi connectivity index (χ2n) is 7.10. The van der Waals surface area contributed by atoms with Crippen LogP contribution in [0.5, 0.6) is 0 Å². The molecule has 9 heteroatoms. The quantitative estimate of drug-likeness (QED) is 0.499. The van der Waals surface area contributed by atoms with Crippen LogP contribution in [-0.2, 0) is 27.2 Å². The average Bonchev–Trinajstić information content (AvgIpc) is 2.73. The molecule has 3 aromatic rings. The van der Waals surface area contributed by atoms with Crippen LogP contribution in [0.3, 0.4) is 0 Å². The largest absolute Gasteiger partial charge is 0.368 e. The number of carbonyl (C=O) groups excluding carboxylic acids is 3. The third-order valence-corrected chi connectivity index (χ3v) is 4.62. The maximum atomic E-state index is 13.1. The van der Waals surface area contributed by atoms with Gasteiger partial charge in [-0.2, -0.15) is 0 Å². The summed E-state index contributed by atoms with van der Waals surface area (Å²) in [4.78, 5) is 45.1. The van der Waals surface area contributed by atoms with Crippen LogP contribution in [0.2, 0.25) is 0 Å². The number of fused-ring (bicyclic) bond motifs is 1. The van der Waals surface area contributed by atoms with Gasteiger partial charge in [0.15, 0.2) is 0 Å². The van der Waals surface area contributed by atoms with Crippen LogP contribution in [0.25, 0.3) is 11.0 Å². The zero-order valence-corrected chi connectivity index (χ0v) is 16.8. The van der Waals surface area contributed by atoms with E-state index in [-0.39, 0.29) is 12.8 Å². The highest BCUT2D eigenvalue weighted by Crippen LogP contribution is 2.11. The van der Waals surface area contributed by atoms with E-state index in [1.54, 1.807) is 6.07 Å². The molecule has 31 heavy (non-hydrogen) atoms. The summed E-state index contributed by atoms with van der Waals surface area (Å²) in [6.07, 6.45) is 1.68. The van der Waals surface area contributed by atoms with Gasteiger partial charge in [-0.05, 0) is 29.8 Å². The predicted molar refractivity (Wildman–Crippen MR) is 112 cm³/mol. The molecule has 3 amide bonds. The van der Waals surface area contributed by atoms with Crippen LogP contribution in [0.4, 0.5) is 4.39 Å². The van der Waals surface area contributed by atoms with Gasteiger partial charge in [-0.25, -0.2) is 9.37 Å². The minimum atomic E-state index is -1.05. The molecule has 4 N–H and O–H groups in total. The maximum absolute atomic E-state index is 13.1. The van der Waals surface area contributed by atoms with Gasteiger partial charge in [0.1, 0.15) is 17.9 Å². The molecule has 0 radical (unpaired) electrons. The first kappa shape index (κ1) is 21.8. The molecule has 0 saturated heterocycles. The highest BCUT2D eigenvalue weighted by molar-refractivity contribution is 5.91. The van der Waals surface area contributed by atoms with Gasteiger partial charge in [-0.3, -0.25) is 19.4 Å². The molecule has 8 nitrogen and oxygen atoms in total. The van der Waals surface area contributed by atoms with Gasteiger partial charge in [-0.1, -0.05) is 24.3 Å². The first-order valence-electron chi connectivity index (χ1n) is 9.63. The van der Waals surface area contributed by atoms with Crippen LogP contribution >= 0.6 is 0 Å². The lowest BCUT2D eigenvalue weighted by molar-refractivity contribution is -0.130. The molecule has 3 rings (SSSR count). The normalized spacial score (nSPS) is 12.7. The second kappa shape index (κ2) is 9.75. The van der Waals surface area contributed by atoms with Crippen molar-refractivity contribution in [3.63, 3.8) is 0 Å². The molecule has 0 saturated carbocycles. The highest BCUT2D eigenvalue weighted by atomic mass is 19.1. The fraction of sp³-hybridized carbons (Fsp3) is 0.227. The third kappa shape index (κ3) is 6.05. The number of nitrogens with two attached hydrogens (primary N) is 1. The number of amides is 3. The number of para-hydroxylation sites is 2. The van der Waals surface area contributed by atoms with Crippen molar-refractivity contribution in [1.29, 1.82) is 0 Å². The zero-order chi connectivity index (χ0) is 22.4. The van der Waals surface area contributed by atoms with Crippen LogP contribution < -0.4 is 16.4 Å². The summed E-state index contributed by atoms with van der Waals surface area (Å²) in [6.45, 7) is 1.28. The van der Waals surface area contributed by atoms with Crippen molar-refractivity contribution in [1.82, 2.24) is 20.6 Å². The third-order valence-electron chi connectivity index (χ3n) is 4.62. The van der Waals surface area contributed by atoms with Crippen molar-refractivity contribution in [3.8, 4) is 0 Å². The van der Waals surface area contributed by atoms with Crippen LogP contribution in [0.1, 0.15) is 18.2 Å². The van der Waals surface area contributed by atoms with Crippen molar-refractivity contribution < 1.29 is 18.8 Å². The Morgan fingerprint density at radius 1 is 0.968 bits per heavy atom. The van der Waals surface area contributed by atoms with E-state index < -0.39 is 35.6 Å². The Balaban J connectivity index is 1.74. The summed E-state index contributed by atoms with van der Waals surface area (Å²) in [7, 11) is 0. The van der Waals surface area contributed by atoms with Gasteiger partial charge in [0.25, 0.3) is 0 Å². The summed E-state index contributed by atoms with van der Waals surface area (Å²) in [5.74, 6) is -2.16. The van der Waals surface area contributed by atoms with Crippen molar-refractivity contribution in [2.75, 3.05) is 0 Å². The van der Waals surface area contributed by atoms with Gasteiger partial charge in [0.05, 0.1) is 16.7 Å². The molecule has 0 aliphatic carbocycles. The van der Waals surface area contributed by atoms with E-state index in [1.807, 2.05) is 18.2 Å². The van der Waals surface area contributed by atoms with Crippen molar-refractivity contribution in [3.05, 3.63) is 71.8 Å². The van der Waals surface area contributed by atoms with Crippen molar-refractivity contribution in [2.24, 2.45) is 5.73 Å². The number of carbonyl (C=O) groups is 3. The fourth-order valence-electron chi connectivity index (χ4n) is 3.11. The number of halogens is 1. The minimum absolute atomic E-state index is 0.0439. The minimum Gasteiger partial charge on any atom is -0.368 e. The summed E-state index contributed by atoms with van der Waals surface area (Å²) < 4.78 is 13.1. The Morgan fingerprint density at radius 3 is 2.29 bits per heavy atom. The predicted octanol–water partition coefficient (Wildman–Crippen LogP) is 1.03. The van der Waals surface area contributed by atoms with Gasteiger partial charge < -0.3 is 16.4 Å². The average molecular weight is 423 g/mol. The number of rotatable bonds is 8. The molecule has 2 atom stereocenters. The van der Waals surface area contributed by atoms with E-state index in [9.17, 15) is 18.8 Å². The molecular weight excluding hydrogens is 401 g/mol. The van der Waals surface area contributed by atoms with Crippen LogP contribution in [0, 0.1) is 5.82 Å². The lowest BCUT2D eigenvalue weighted by Gasteiger charge is -2.21. The molecule has 0 aliphatic heterocycles. The van der Waals surface area contributed by atoms with Gasteiger partial charge in [0.2, 0.25) is 17.7 Å². The smallest absolute Gasteiger partial charge is 0.243 e. The monoisotopic (exact) mass is 423 g/mol. The Hall–Kier alpha value is -3.88. The van der Waals surface area contributed by atoms with E-state index in [2.05, 4.69) is 20.6 Å². The van der Waals surface area contributed by atoms with Crippen LogP contribution in [0.15, 0.2) is 54.7 Å². The summed E-state index contributed by atoms with van der Waals surface area (Å²) in [5, 5.41) is 5.13. The first-order valence-corrected chi connectivity index (χ1v) is 9.63. The molecule has 160 valence electrons. The van der Waals surface area contributed by atoms with Crippen molar-refractivity contribution >= 4 is 28.8 Å². The Morgan fingerprint density at radius 2 is 1.65 bits per heavy atom. The molecule has 0 unspecified atom stereocenters. The standard InChI is InChI=1S/C22H22FN5O3/c1-13(29)26-20(10-14-6-8-15(23)9-7-14)22(31)28-19(21(24)30)11-16-12-25-17-4-2-3-5-18(17)27-16/h2-9,12,19-20H,10-11H2,1H3,(H2,24,30)(H,26,29)(H,28,31)/t19-,20-/m0/s1. The molecule has 1 heterocycles. The lowest BCUT2D eigenvalue weighted by Crippen LogP contribution is -2.54. The van der Waals surface area contributed by atoms with Gasteiger partial charge in [-0.15, -0.1) is 0 Å². The van der Waals surface area contributed by atoms with E-state index in [4.69, 9.17) is 5.73 Å². The Kier molecular flexibility index (Phi) is 6.86. The number of benzene rings is 2. The van der Waals surface area contributed by atoms with Gasteiger partial charge in [0, 0.05) is 26.0 Å². The van der Waals surface area contributed by atoms with E-state index in [0.29, 0.717) is 22.3 Å². The molecule has 2 aromatic carbocycles. The maximum Gasteiger partial charge on any atom is 0.243 e. The first-order chi connectivity index (χ1) is 14.8. The summed E-state index contributed by atoms with van der Waals surface area (Å²) in [5.41, 5.74) is 7.97. The fourth-order valence-corrected chi connectivity index (χ4v) is 3.11. The Bertz CT molecular complexity index is 1100. The molecule has 0 aliphatic rings. The number of hydrogen-bond acceptors (Lipinski definition) is 5. The molecule has 0 fully saturated rings. The number of hydrogen-bond donors (Lipinski definition) is 3. The highest BCUT2D eigenvalue weighted by Gasteiger charge is 2.26. The summed E-state index contributed by atoms with van der Waals surface area (Å²) >= 11 is 0. The number of aromatic nitrogens is 2. The lowest BCUT2D eigenvalue weighted by atomic mass is 10.0. The molecule has 1 aromatic heterocycles. The van der Waals surface area contributed by atoms with E-state index in [0.717, 1.165) is 0 Å². The zero-order valence-electron chi connectivity index (χ0n) is 16.8. The number of nitrogens with zero attached hydrogens (tertiary/aromatic N) is 2. The molecule has 0 spiro atoms. The number of nitrogens with one attached hydrogen (secondary N) is 2. The second-order valence-corrected chi connectivity index (χ2v) is 7.10. The summed E-state index contributed by atoms with van der Waals surface area (Å²) in [6, 6.07) is 10.8. The van der Waals surface area contributed by atoms with Gasteiger partial charge >= 0.3 is 0 Å². The van der Waals surface area contributed by atoms with E-state index in [1.165, 1.54) is 37.4 Å². The molecule has 0 bridgehead atoms. The number of primary amides is 1. The SMILES string of the molecule is CC(=O)N[C@@H](Cc1ccc(F)cc1)C(=O)N[C@@H](Cc1cnc2ccccc2n1)C(N)=O. The topological polar surface area (TPSA) is 127 Å². The molecular formula is C22H22FN5O3. The Labute approximate surface area is 178 Å². The van der Waals surface area contributed by atoms with E-state index >= 15 is 0 Å². The van der Waals surface area contributed by atoms with Crippen LogP contribution in [-0.4, -0.2) is 39.8 Å². The van der Waals surface area contributed by atoms with Crippen molar-refractivity contribution in [2.45, 2.75) is 31.8 Å².